The lowest BCUT2D eigenvalue weighted by Crippen LogP contribution is -2.31. The third-order valence-electron chi connectivity index (χ3n) is 4.32. The van der Waals surface area contributed by atoms with E-state index < -0.39 is 18.0 Å². The molecule has 1 aliphatic rings. The van der Waals surface area contributed by atoms with Gasteiger partial charge in [0.1, 0.15) is 5.75 Å². The van der Waals surface area contributed by atoms with Crippen LogP contribution in [0.5, 0.6) is 5.75 Å². The molecule has 0 spiro atoms. The molecular formula is C20H19Cl2NO4. The smallest absolute Gasteiger partial charge is 0.344 e. The number of anilines is 1. The Labute approximate surface area is 167 Å². The van der Waals surface area contributed by atoms with Crippen molar-refractivity contribution in [2.75, 3.05) is 11.9 Å². The number of para-hydroxylation sites is 1. The van der Waals surface area contributed by atoms with Crippen molar-refractivity contribution in [3.05, 3.63) is 57.6 Å². The molecule has 27 heavy (non-hydrogen) atoms. The Morgan fingerprint density at radius 3 is 2.56 bits per heavy atom. The number of ether oxygens (including phenoxy) is 2. The van der Waals surface area contributed by atoms with E-state index in [1.807, 2.05) is 18.2 Å². The number of aryl methyl sites for hydroxylation is 2. The number of carbonyl (C=O) groups excluding carboxylic acids is 2. The first-order chi connectivity index (χ1) is 12.9. The van der Waals surface area contributed by atoms with Crippen molar-refractivity contribution in [1.29, 1.82) is 0 Å². The molecule has 2 aromatic carbocycles. The number of hydrogen-bond acceptors (Lipinski definition) is 4. The second kappa shape index (κ2) is 8.63. The Bertz CT molecular complexity index is 849. The molecule has 7 heteroatoms. The van der Waals surface area contributed by atoms with Gasteiger partial charge in [-0.25, -0.2) is 4.79 Å². The van der Waals surface area contributed by atoms with Crippen LogP contribution < -0.4 is 10.1 Å². The number of rotatable bonds is 6. The topological polar surface area (TPSA) is 64.6 Å². The van der Waals surface area contributed by atoms with E-state index in [1.165, 1.54) is 18.1 Å². The average molecular weight is 408 g/mol. The lowest BCUT2D eigenvalue weighted by atomic mass is 10.1. The molecule has 3 rings (SSSR count). The summed E-state index contributed by atoms with van der Waals surface area (Å²) in [7, 11) is 0. The third-order valence-corrected chi connectivity index (χ3v) is 4.94. The minimum atomic E-state index is -1.02. The van der Waals surface area contributed by atoms with Gasteiger partial charge in [0.2, 0.25) is 0 Å². The van der Waals surface area contributed by atoms with Crippen LogP contribution in [0.25, 0.3) is 0 Å². The SMILES string of the molecule is C[C@H](OC(=O)COc1ccc2c(c1)CCC2)C(=O)Nc1c(Cl)cccc1Cl. The zero-order chi connectivity index (χ0) is 19.4. The summed E-state index contributed by atoms with van der Waals surface area (Å²) in [4.78, 5) is 24.2. The zero-order valence-electron chi connectivity index (χ0n) is 14.8. The van der Waals surface area contributed by atoms with E-state index in [2.05, 4.69) is 5.32 Å². The number of esters is 1. The maximum atomic E-state index is 12.2. The third kappa shape index (κ3) is 4.93. The van der Waals surface area contributed by atoms with Gasteiger partial charge in [-0.3, -0.25) is 4.79 Å². The molecule has 5 nitrogen and oxygen atoms in total. The van der Waals surface area contributed by atoms with Gasteiger partial charge >= 0.3 is 5.97 Å². The van der Waals surface area contributed by atoms with Gasteiger partial charge in [-0.15, -0.1) is 0 Å². The summed E-state index contributed by atoms with van der Waals surface area (Å²) in [6, 6.07) is 10.7. The fraction of sp³-hybridized carbons (Fsp3) is 0.300. The van der Waals surface area contributed by atoms with Crippen molar-refractivity contribution in [3.8, 4) is 5.75 Å². The summed E-state index contributed by atoms with van der Waals surface area (Å²) in [6.45, 7) is 1.19. The number of nitrogens with one attached hydrogen (secondary N) is 1. The van der Waals surface area contributed by atoms with Gasteiger partial charge in [0.15, 0.2) is 12.7 Å². The summed E-state index contributed by atoms with van der Waals surface area (Å²) >= 11 is 12.0. The predicted octanol–water partition coefficient (Wildman–Crippen LogP) is 4.43. The summed E-state index contributed by atoms with van der Waals surface area (Å²) in [5, 5.41) is 3.17. The first kappa shape index (κ1) is 19.5. The molecule has 0 heterocycles. The number of carbonyl (C=O) groups is 2. The van der Waals surface area contributed by atoms with Gasteiger partial charge in [0.25, 0.3) is 5.91 Å². The van der Waals surface area contributed by atoms with Gasteiger partial charge in [0.05, 0.1) is 15.7 Å². The van der Waals surface area contributed by atoms with Gasteiger partial charge in [-0.1, -0.05) is 35.3 Å². The first-order valence-corrected chi connectivity index (χ1v) is 9.38. The molecule has 0 fully saturated rings. The van der Waals surface area contributed by atoms with Crippen molar-refractivity contribution in [2.24, 2.45) is 0 Å². The minimum absolute atomic E-state index is 0.275. The van der Waals surface area contributed by atoms with Crippen molar-refractivity contribution in [2.45, 2.75) is 32.3 Å². The highest BCUT2D eigenvalue weighted by Gasteiger charge is 2.20. The van der Waals surface area contributed by atoms with Gasteiger partial charge in [-0.05, 0) is 61.6 Å². The van der Waals surface area contributed by atoms with E-state index in [0.29, 0.717) is 15.8 Å². The number of benzene rings is 2. The van der Waals surface area contributed by atoms with E-state index in [9.17, 15) is 9.59 Å². The molecule has 0 bridgehead atoms. The average Bonchev–Trinajstić information content (AvgIpc) is 3.10. The Hall–Kier alpha value is -2.24. The van der Waals surface area contributed by atoms with Crippen LogP contribution in [0.4, 0.5) is 5.69 Å². The van der Waals surface area contributed by atoms with E-state index >= 15 is 0 Å². The standard InChI is InChI=1S/C20H19Cl2NO4/c1-12(20(25)23-19-16(21)6-3-7-17(19)22)27-18(24)11-26-15-9-8-13-4-2-5-14(13)10-15/h3,6-10,12H,2,4-5,11H2,1H3,(H,23,25)/t12-/m0/s1. The summed E-state index contributed by atoms with van der Waals surface area (Å²) in [6.07, 6.45) is 2.23. The maximum Gasteiger partial charge on any atom is 0.344 e. The van der Waals surface area contributed by atoms with E-state index in [4.69, 9.17) is 32.7 Å². The highest BCUT2D eigenvalue weighted by Crippen LogP contribution is 2.30. The summed E-state index contributed by atoms with van der Waals surface area (Å²) in [5.74, 6) is -0.549. The lowest BCUT2D eigenvalue weighted by Gasteiger charge is -2.15. The van der Waals surface area contributed by atoms with Gasteiger partial charge in [0, 0.05) is 0 Å². The second-order valence-electron chi connectivity index (χ2n) is 6.29. The van der Waals surface area contributed by atoms with Crippen LogP contribution in [0.2, 0.25) is 10.0 Å². The monoisotopic (exact) mass is 407 g/mol. The molecule has 1 aliphatic carbocycles. The quantitative estimate of drug-likeness (QED) is 0.719. The van der Waals surface area contributed by atoms with Crippen LogP contribution in [-0.4, -0.2) is 24.6 Å². The lowest BCUT2D eigenvalue weighted by molar-refractivity contribution is -0.155. The van der Waals surface area contributed by atoms with E-state index in [1.54, 1.807) is 18.2 Å². The molecule has 0 saturated heterocycles. The van der Waals surface area contributed by atoms with Crippen LogP contribution in [0, 0.1) is 0 Å². The van der Waals surface area contributed by atoms with Gasteiger partial charge in [-0.2, -0.15) is 0 Å². The van der Waals surface area contributed by atoms with Crippen molar-refractivity contribution < 1.29 is 19.1 Å². The van der Waals surface area contributed by atoms with Crippen LogP contribution in [0.3, 0.4) is 0 Å². The highest BCUT2D eigenvalue weighted by atomic mass is 35.5. The Balaban J connectivity index is 1.50. The number of amides is 1. The zero-order valence-corrected chi connectivity index (χ0v) is 16.3. The van der Waals surface area contributed by atoms with Crippen molar-refractivity contribution in [3.63, 3.8) is 0 Å². The van der Waals surface area contributed by atoms with Gasteiger partial charge < -0.3 is 14.8 Å². The summed E-state index contributed by atoms with van der Waals surface area (Å²) in [5.41, 5.74) is 2.86. The molecule has 0 unspecified atom stereocenters. The molecule has 2 aromatic rings. The van der Waals surface area contributed by atoms with Crippen molar-refractivity contribution in [1.82, 2.24) is 0 Å². The molecule has 0 aliphatic heterocycles. The number of hydrogen-bond donors (Lipinski definition) is 1. The Morgan fingerprint density at radius 1 is 1.11 bits per heavy atom. The normalized spacial score (nSPS) is 13.6. The molecule has 0 radical (unpaired) electrons. The fourth-order valence-electron chi connectivity index (χ4n) is 2.91. The number of fused-ring (bicyclic) bond motifs is 1. The highest BCUT2D eigenvalue weighted by molar-refractivity contribution is 6.39. The van der Waals surface area contributed by atoms with Crippen LogP contribution in [0.15, 0.2) is 36.4 Å². The van der Waals surface area contributed by atoms with Crippen molar-refractivity contribution >= 4 is 40.8 Å². The first-order valence-electron chi connectivity index (χ1n) is 8.63. The van der Waals surface area contributed by atoms with Crippen LogP contribution >= 0.6 is 23.2 Å². The van der Waals surface area contributed by atoms with E-state index in [0.717, 1.165) is 19.3 Å². The molecule has 142 valence electrons. The molecular weight excluding hydrogens is 389 g/mol. The molecule has 1 amide bonds. The largest absolute Gasteiger partial charge is 0.482 e. The molecule has 1 N–H and O–H groups in total. The number of halogens is 2. The molecule has 1 atom stereocenters. The minimum Gasteiger partial charge on any atom is -0.482 e. The second-order valence-corrected chi connectivity index (χ2v) is 7.11. The Kier molecular flexibility index (Phi) is 6.24. The molecule has 0 saturated carbocycles. The predicted molar refractivity (Wildman–Crippen MR) is 105 cm³/mol. The van der Waals surface area contributed by atoms with Crippen LogP contribution in [-0.2, 0) is 27.2 Å². The summed E-state index contributed by atoms with van der Waals surface area (Å²) < 4.78 is 10.6. The Morgan fingerprint density at radius 2 is 1.81 bits per heavy atom. The maximum absolute atomic E-state index is 12.2. The van der Waals surface area contributed by atoms with E-state index in [-0.39, 0.29) is 12.3 Å². The fourth-order valence-corrected chi connectivity index (χ4v) is 3.40. The molecule has 0 aromatic heterocycles. The van der Waals surface area contributed by atoms with Crippen LogP contribution in [0.1, 0.15) is 24.5 Å².